The van der Waals surface area contributed by atoms with Crippen molar-refractivity contribution in [1.82, 2.24) is 9.88 Å². The summed E-state index contributed by atoms with van der Waals surface area (Å²) >= 11 is 0. The van der Waals surface area contributed by atoms with E-state index in [1.807, 2.05) is 0 Å². The fraction of sp³-hybridized carbons (Fsp3) is 0.455. The number of aromatic nitrogens is 1. The average Bonchev–Trinajstić information content (AvgIpc) is 2.27. The van der Waals surface area contributed by atoms with E-state index < -0.39 is 12.1 Å². The molecule has 1 aromatic rings. The highest BCUT2D eigenvalue weighted by molar-refractivity contribution is 5.66. The van der Waals surface area contributed by atoms with Crippen LogP contribution in [0.4, 0.5) is 0 Å². The molecule has 0 saturated heterocycles. The Labute approximate surface area is 94.4 Å². The number of carbonyl (C=O) groups is 1. The predicted molar refractivity (Wildman–Crippen MR) is 58.9 cm³/mol. The monoisotopic (exact) mass is 224 g/mol. The van der Waals surface area contributed by atoms with Crippen molar-refractivity contribution in [2.24, 2.45) is 0 Å². The Kier molecular flexibility index (Phi) is 4.88. The lowest BCUT2D eigenvalue weighted by molar-refractivity contribution is -0.137. The van der Waals surface area contributed by atoms with E-state index in [4.69, 9.17) is 5.11 Å². The third-order valence-corrected chi connectivity index (χ3v) is 2.26. The molecule has 0 aromatic carbocycles. The number of aliphatic hydroxyl groups excluding tert-OH is 1. The molecule has 1 rings (SSSR count). The molecule has 0 radical (unpaired) electrons. The molecule has 0 bridgehead atoms. The van der Waals surface area contributed by atoms with Crippen LogP contribution in [0.5, 0.6) is 0 Å². The topological polar surface area (TPSA) is 73.7 Å². The Morgan fingerprint density at radius 3 is 2.94 bits per heavy atom. The Morgan fingerprint density at radius 1 is 1.62 bits per heavy atom. The first-order valence-electron chi connectivity index (χ1n) is 5.08. The Morgan fingerprint density at radius 2 is 2.38 bits per heavy atom. The van der Waals surface area contributed by atoms with Gasteiger partial charge in [-0.25, -0.2) is 0 Å². The van der Waals surface area contributed by atoms with E-state index in [1.54, 1.807) is 36.5 Å². The number of hydrogen-bond donors (Lipinski definition) is 2. The third kappa shape index (κ3) is 4.37. The molecule has 0 aliphatic heterocycles. The first-order chi connectivity index (χ1) is 7.59. The Bertz CT molecular complexity index is 329. The fourth-order valence-corrected chi connectivity index (χ4v) is 1.35. The summed E-state index contributed by atoms with van der Waals surface area (Å²) in [6.45, 7) is 0.825. The number of rotatable bonds is 6. The second kappa shape index (κ2) is 6.19. The lowest BCUT2D eigenvalue weighted by Crippen LogP contribution is -2.27. The first kappa shape index (κ1) is 12.6. The van der Waals surface area contributed by atoms with E-state index in [9.17, 15) is 9.90 Å². The van der Waals surface area contributed by atoms with Crippen molar-refractivity contribution in [1.29, 1.82) is 0 Å². The second-order valence-electron chi connectivity index (χ2n) is 3.71. The lowest BCUT2D eigenvalue weighted by atomic mass is 10.1. The molecule has 1 unspecified atom stereocenters. The number of likely N-dealkylation sites (N-methyl/N-ethyl adjacent to an activating group) is 1. The summed E-state index contributed by atoms with van der Waals surface area (Å²) in [7, 11) is 1.78. The van der Waals surface area contributed by atoms with Crippen molar-refractivity contribution in [2.75, 3.05) is 20.1 Å². The van der Waals surface area contributed by atoms with Gasteiger partial charge in [-0.2, -0.15) is 0 Å². The van der Waals surface area contributed by atoms with Gasteiger partial charge in [-0.3, -0.25) is 9.78 Å². The van der Waals surface area contributed by atoms with Gasteiger partial charge >= 0.3 is 5.97 Å². The summed E-state index contributed by atoms with van der Waals surface area (Å²) in [5, 5.41) is 18.3. The molecule has 2 N–H and O–H groups in total. The molecule has 88 valence electrons. The van der Waals surface area contributed by atoms with Crippen LogP contribution in [0.3, 0.4) is 0 Å². The van der Waals surface area contributed by atoms with Gasteiger partial charge < -0.3 is 15.1 Å². The zero-order valence-electron chi connectivity index (χ0n) is 9.21. The van der Waals surface area contributed by atoms with Crippen LogP contribution in [-0.4, -0.2) is 46.2 Å². The van der Waals surface area contributed by atoms with Crippen LogP contribution >= 0.6 is 0 Å². The van der Waals surface area contributed by atoms with E-state index in [0.717, 1.165) is 5.56 Å². The molecule has 0 saturated carbocycles. The minimum atomic E-state index is -0.831. The van der Waals surface area contributed by atoms with Crippen molar-refractivity contribution >= 4 is 5.97 Å². The predicted octanol–water partition coefficient (Wildman–Crippen LogP) is 0.521. The van der Waals surface area contributed by atoms with Gasteiger partial charge in [0.05, 0.1) is 12.5 Å². The molecule has 0 amide bonds. The van der Waals surface area contributed by atoms with Gasteiger partial charge in [-0.05, 0) is 13.1 Å². The summed E-state index contributed by atoms with van der Waals surface area (Å²) in [5.74, 6) is -0.831. The highest BCUT2D eigenvalue weighted by Crippen LogP contribution is 2.11. The van der Waals surface area contributed by atoms with E-state index in [2.05, 4.69) is 4.98 Å². The molecule has 0 aliphatic rings. The van der Waals surface area contributed by atoms with E-state index >= 15 is 0 Å². The van der Waals surface area contributed by atoms with Crippen molar-refractivity contribution in [3.05, 3.63) is 30.1 Å². The largest absolute Gasteiger partial charge is 0.481 e. The van der Waals surface area contributed by atoms with Crippen LogP contribution < -0.4 is 0 Å². The van der Waals surface area contributed by atoms with Gasteiger partial charge in [-0.15, -0.1) is 0 Å². The lowest BCUT2D eigenvalue weighted by Gasteiger charge is -2.19. The Hall–Kier alpha value is -1.46. The molecule has 5 nitrogen and oxygen atoms in total. The molecular weight excluding hydrogens is 208 g/mol. The summed E-state index contributed by atoms with van der Waals surface area (Å²) in [6, 6.07) is 3.55. The maximum atomic E-state index is 10.4. The molecular formula is C11H16N2O3. The van der Waals surface area contributed by atoms with Crippen molar-refractivity contribution in [3.8, 4) is 0 Å². The van der Waals surface area contributed by atoms with Crippen LogP contribution in [0.2, 0.25) is 0 Å². The summed E-state index contributed by atoms with van der Waals surface area (Å²) in [6.07, 6.45) is 2.70. The number of aliphatic carboxylic acids is 1. The van der Waals surface area contributed by atoms with Gasteiger partial charge in [0.2, 0.25) is 0 Å². The Balaban J connectivity index is 2.39. The van der Waals surface area contributed by atoms with Crippen LogP contribution in [-0.2, 0) is 4.79 Å². The number of nitrogens with zero attached hydrogens (tertiary/aromatic N) is 2. The third-order valence-electron chi connectivity index (χ3n) is 2.26. The smallest absolute Gasteiger partial charge is 0.304 e. The summed E-state index contributed by atoms with van der Waals surface area (Å²) in [4.78, 5) is 16.1. The van der Waals surface area contributed by atoms with E-state index in [1.165, 1.54) is 0 Å². The zero-order chi connectivity index (χ0) is 12.0. The molecule has 5 heteroatoms. The van der Waals surface area contributed by atoms with Gasteiger partial charge in [0.15, 0.2) is 0 Å². The number of aliphatic hydroxyl groups is 1. The van der Waals surface area contributed by atoms with Gasteiger partial charge in [0, 0.05) is 31.0 Å². The van der Waals surface area contributed by atoms with Crippen LogP contribution in [0.15, 0.2) is 24.5 Å². The minimum Gasteiger partial charge on any atom is -0.481 e. The summed E-state index contributed by atoms with van der Waals surface area (Å²) < 4.78 is 0. The molecule has 0 aliphatic carbocycles. The molecule has 0 fully saturated rings. The van der Waals surface area contributed by atoms with Crippen LogP contribution in [0, 0.1) is 0 Å². The number of hydrogen-bond acceptors (Lipinski definition) is 4. The first-order valence-corrected chi connectivity index (χ1v) is 5.08. The maximum absolute atomic E-state index is 10.4. The number of pyridine rings is 1. The average molecular weight is 224 g/mol. The number of carboxylic acids is 1. The minimum absolute atomic E-state index is 0.0796. The van der Waals surface area contributed by atoms with E-state index in [-0.39, 0.29) is 6.42 Å². The normalized spacial score (nSPS) is 12.7. The summed E-state index contributed by atoms with van der Waals surface area (Å²) in [5.41, 5.74) is 0.740. The second-order valence-corrected chi connectivity index (χ2v) is 3.71. The quantitative estimate of drug-likeness (QED) is 0.737. The van der Waals surface area contributed by atoms with Gasteiger partial charge in [-0.1, -0.05) is 6.07 Å². The molecule has 1 aromatic heterocycles. The van der Waals surface area contributed by atoms with E-state index in [0.29, 0.717) is 13.1 Å². The SMILES string of the molecule is CN(CCC(=O)O)CC(O)c1cccnc1. The van der Waals surface area contributed by atoms with Crippen molar-refractivity contribution in [3.63, 3.8) is 0 Å². The fourth-order valence-electron chi connectivity index (χ4n) is 1.35. The molecule has 1 heterocycles. The number of carboxylic acid groups (broad SMARTS) is 1. The zero-order valence-corrected chi connectivity index (χ0v) is 9.21. The van der Waals surface area contributed by atoms with Crippen LogP contribution in [0.1, 0.15) is 18.1 Å². The molecule has 16 heavy (non-hydrogen) atoms. The van der Waals surface area contributed by atoms with Gasteiger partial charge in [0.1, 0.15) is 0 Å². The maximum Gasteiger partial charge on any atom is 0.304 e. The molecule has 1 atom stereocenters. The highest BCUT2D eigenvalue weighted by atomic mass is 16.4. The highest BCUT2D eigenvalue weighted by Gasteiger charge is 2.11. The standard InChI is InChI=1S/C11H16N2O3/c1-13(6-4-11(15)16)8-10(14)9-3-2-5-12-7-9/h2-3,5,7,10,14H,4,6,8H2,1H3,(H,15,16). The van der Waals surface area contributed by atoms with Crippen molar-refractivity contribution < 1.29 is 15.0 Å². The van der Waals surface area contributed by atoms with Crippen LogP contribution in [0.25, 0.3) is 0 Å². The van der Waals surface area contributed by atoms with Crippen molar-refractivity contribution in [2.45, 2.75) is 12.5 Å². The van der Waals surface area contributed by atoms with Gasteiger partial charge in [0.25, 0.3) is 0 Å². The molecule has 0 spiro atoms.